The summed E-state index contributed by atoms with van der Waals surface area (Å²) in [6.45, 7) is 2.40. The third-order valence-electron chi connectivity index (χ3n) is 8.65. The Balaban J connectivity index is 3.28. The maximum atomic E-state index is 10.7. The third-order valence-corrected chi connectivity index (χ3v) is 8.65. The van der Waals surface area contributed by atoms with E-state index in [9.17, 15) is 9.59 Å². The zero-order chi connectivity index (χ0) is 28.7. The van der Waals surface area contributed by atoms with Crippen LogP contribution >= 0.6 is 0 Å². The summed E-state index contributed by atoms with van der Waals surface area (Å²) in [7, 11) is 0. The zero-order valence-electron chi connectivity index (χ0n) is 26.5. The van der Waals surface area contributed by atoms with Crippen LogP contribution in [0.25, 0.3) is 0 Å². The van der Waals surface area contributed by atoms with Gasteiger partial charge < -0.3 is 11.5 Å². The summed E-state index contributed by atoms with van der Waals surface area (Å²) in [6.07, 6.45) is 40.3. The molecule has 0 aromatic heterocycles. The second-order valence-corrected chi connectivity index (χ2v) is 12.5. The monoisotopic (exact) mass is 551 g/mol. The third kappa shape index (κ3) is 33.0. The molecule has 0 aromatic carbocycles. The Morgan fingerprint density at radius 2 is 0.590 bits per heavy atom. The SMILES string of the molecule is CCC(CCCCCCCCCCCCCCCC(N)=O)CCCCCCCCCCCCCCCC(N)=O. The van der Waals surface area contributed by atoms with Crippen LogP contribution in [0.15, 0.2) is 0 Å². The summed E-state index contributed by atoms with van der Waals surface area (Å²) in [5, 5.41) is 0. The Hall–Kier alpha value is -1.06. The Morgan fingerprint density at radius 1 is 0.385 bits per heavy atom. The largest absolute Gasteiger partial charge is 0.370 e. The first kappa shape index (κ1) is 37.9. The lowest BCUT2D eigenvalue weighted by atomic mass is 9.92. The van der Waals surface area contributed by atoms with E-state index in [1.807, 2.05) is 0 Å². The molecule has 0 unspecified atom stereocenters. The second kappa shape index (κ2) is 31.5. The Bertz CT molecular complexity index is 479. The zero-order valence-corrected chi connectivity index (χ0v) is 26.5. The van der Waals surface area contributed by atoms with Gasteiger partial charge in [0.25, 0.3) is 0 Å². The number of rotatable bonds is 33. The van der Waals surface area contributed by atoms with Crippen LogP contribution in [0, 0.1) is 5.92 Å². The molecule has 0 bridgehead atoms. The van der Waals surface area contributed by atoms with Gasteiger partial charge in [-0.2, -0.15) is 0 Å². The average Bonchev–Trinajstić information content (AvgIpc) is 2.91. The van der Waals surface area contributed by atoms with Crippen LogP contribution < -0.4 is 11.5 Å². The fraction of sp³-hybridized carbons (Fsp3) is 0.943. The number of unbranched alkanes of at least 4 members (excludes halogenated alkanes) is 24. The van der Waals surface area contributed by atoms with Crippen molar-refractivity contribution in [2.24, 2.45) is 17.4 Å². The quantitative estimate of drug-likeness (QED) is 0.0796. The van der Waals surface area contributed by atoms with Crippen molar-refractivity contribution in [2.45, 2.75) is 206 Å². The molecule has 4 N–H and O–H groups in total. The fourth-order valence-corrected chi connectivity index (χ4v) is 5.91. The molecule has 0 aromatic rings. The van der Waals surface area contributed by atoms with Gasteiger partial charge in [-0.05, 0) is 18.8 Å². The summed E-state index contributed by atoms with van der Waals surface area (Å²) in [5.41, 5.74) is 10.3. The first-order valence-corrected chi connectivity index (χ1v) is 17.6. The molecule has 0 saturated heterocycles. The molecule has 39 heavy (non-hydrogen) atoms. The van der Waals surface area contributed by atoms with E-state index >= 15 is 0 Å². The van der Waals surface area contributed by atoms with Crippen molar-refractivity contribution in [3.63, 3.8) is 0 Å². The van der Waals surface area contributed by atoms with E-state index < -0.39 is 0 Å². The number of carbonyl (C=O) groups is 2. The maximum absolute atomic E-state index is 10.7. The summed E-state index contributed by atoms with van der Waals surface area (Å²) >= 11 is 0. The minimum absolute atomic E-state index is 0.154. The molecule has 0 radical (unpaired) electrons. The van der Waals surface area contributed by atoms with Crippen LogP contribution in [0.3, 0.4) is 0 Å². The molecule has 232 valence electrons. The van der Waals surface area contributed by atoms with Crippen LogP contribution in [0.2, 0.25) is 0 Å². The number of carbonyl (C=O) groups excluding carboxylic acids is 2. The highest BCUT2D eigenvalue weighted by Gasteiger charge is 2.06. The molecule has 0 rings (SSSR count). The van der Waals surface area contributed by atoms with Gasteiger partial charge in [-0.1, -0.05) is 180 Å². The van der Waals surface area contributed by atoms with Crippen LogP contribution in [-0.4, -0.2) is 11.8 Å². The topological polar surface area (TPSA) is 86.2 Å². The highest BCUT2D eigenvalue weighted by atomic mass is 16.1. The smallest absolute Gasteiger partial charge is 0.217 e. The lowest BCUT2D eigenvalue weighted by Gasteiger charge is -2.14. The van der Waals surface area contributed by atoms with Gasteiger partial charge in [-0.3, -0.25) is 9.59 Å². The van der Waals surface area contributed by atoms with Crippen LogP contribution in [0.4, 0.5) is 0 Å². The van der Waals surface area contributed by atoms with E-state index in [1.165, 1.54) is 161 Å². The van der Waals surface area contributed by atoms with Crippen molar-refractivity contribution < 1.29 is 9.59 Å². The number of hydrogen-bond acceptors (Lipinski definition) is 2. The molecule has 0 aliphatic rings. The predicted molar refractivity (Wildman–Crippen MR) is 171 cm³/mol. The Kier molecular flexibility index (Phi) is 30.6. The lowest BCUT2D eigenvalue weighted by Crippen LogP contribution is -2.09. The number of primary amides is 2. The molecule has 0 atom stereocenters. The first-order valence-electron chi connectivity index (χ1n) is 17.6. The van der Waals surface area contributed by atoms with Crippen molar-refractivity contribution in [1.82, 2.24) is 0 Å². The molecular weight excluding hydrogens is 480 g/mol. The summed E-state index contributed by atoms with van der Waals surface area (Å²) in [6, 6.07) is 0. The fourth-order valence-electron chi connectivity index (χ4n) is 5.91. The van der Waals surface area contributed by atoms with E-state index in [2.05, 4.69) is 6.92 Å². The van der Waals surface area contributed by atoms with E-state index in [-0.39, 0.29) is 11.8 Å². The van der Waals surface area contributed by atoms with Gasteiger partial charge in [0.15, 0.2) is 0 Å². The molecule has 2 amide bonds. The molecule has 0 spiro atoms. The van der Waals surface area contributed by atoms with E-state index in [0.29, 0.717) is 12.8 Å². The highest BCUT2D eigenvalue weighted by molar-refractivity contribution is 5.73. The molecule has 4 heteroatoms. The van der Waals surface area contributed by atoms with Gasteiger partial charge in [0, 0.05) is 12.8 Å². The minimum atomic E-state index is -0.154. The minimum Gasteiger partial charge on any atom is -0.370 e. The molecule has 0 aliphatic carbocycles. The standard InChI is InChI=1S/C35H70N2O2/c1-2-33(29-25-21-17-13-9-5-3-7-11-15-19-23-27-31-34(36)38)30-26-22-18-14-10-6-4-8-12-16-20-24-28-32-35(37)39/h33H,2-32H2,1H3,(H2,36,38)(H2,37,39). The van der Waals surface area contributed by atoms with Gasteiger partial charge in [0.05, 0.1) is 0 Å². The maximum Gasteiger partial charge on any atom is 0.217 e. The average molecular weight is 551 g/mol. The Morgan fingerprint density at radius 3 is 0.795 bits per heavy atom. The molecular formula is C35H70N2O2. The van der Waals surface area contributed by atoms with E-state index in [4.69, 9.17) is 11.5 Å². The van der Waals surface area contributed by atoms with Crippen molar-refractivity contribution in [2.75, 3.05) is 0 Å². The number of hydrogen-bond donors (Lipinski definition) is 2. The van der Waals surface area contributed by atoms with E-state index in [0.717, 1.165) is 31.6 Å². The van der Waals surface area contributed by atoms with Crippen LogP contribution in [-0.2, 0) is 9.59 Å². The van der Waals surface area contributed by atoms with Crippen LogP contribution in [0.1, 0.15) is 206 Å². The molecule has 4 nitrogen and oxygen atoms in total. The predicted octanol–water partition coefficient (Wildman–Crippen LogP) is 10.7. The lowest BCUT2D eigenvalue weighted by molar-refractivity contribution is -0.119. The Labute approximate surface area is 244 Å². The van der Waals surface area contributed by atoms with Gasteiger partial charge in [-0.15, -0.1) is 0 Å². The van der Waals surface area contributed by atoms with Crippen molar-refractivity contribution in [3.8, 4) is 0 Å². The summed E-state index contributed by atoms with van der Waals surface area (Å²) in [5.74, 6) is 0.661. The number of nitrogens with two attached hydrogens (primary N) is 2. The van der Waals surface area contributed by atoms with Crippen LogP contribution in [0.5, 0.6) is 0 Å². The van der Waals surface area contributed by atoms with Gasteiger partial charge in [0.1, 0.15) is 0 Å². The van der Waals surface area contributed by atoms with Crippen molar-refractivity contribution >= 4 is 11.8 Å². The van der Waals surface area contributed by atoms with Gasteiger partial charge >= 0.3 is 0 Å². The molecule has 0 heterocycles. The summed E-state index contributed by atoms with van der Waals surface area (Å²) < 4.78 is 0. The van der Waals surface area contributed by atoms with Crippen molar-refractivity contribution in [3.05, 3.63) is 0 Å². The van der Waals surface area contributed by atoms with Crippen molar-refractivity contribution in [1.29, 1.82) is 0 Å². The normalized spacial score (nSPS) is 11.4. The van der Waals surface area contributed by atoms with Gasteiger partial charge in [-0.25, -0.2) is 0 Å². The first-order chi connectivity index (χ1) is 19.1. The molecule has 0 saturated carbocycles. The van der Waals surface area contributed by atoms with Gasteiger partial charge in [0.2, 0.25) is 11.8 Å². The van der Waals surface area contributed by atoms with E-state index in [1.54, 1.807) is 0 Å². The number of amides is 2. The second-order valence-electron chi connectivity index (χ2n) is 12.5. The highest BCUT2D eigenvalue weighted by Crippen LogP contribution is 2.22. The summed E-state index contributed by atoms with van der Waals surface area (Å²) in [4.78, 5) is 21.4. The molecule has 0 fully saturated rings. The molecule has 0 aliphatic heterocycles.